The van der Waals surface area contributed by atoms with Gasteiger partial charge in [-0.25, -0.2) is 0 Å². The standard InChI is InChI=1S/C22H29N5O2/c23-20-14-26(13-19(20)16-7-3-1-4-8-16)22(29)17-11-24-27(12-17)15-21(28)25-18-9-5-2-6-10-18/h1,3-4,7-8,11-12,18-20H,2,5-6,9-10,13-15,23H2,(H,25,28)/t19-,20+/m0/s1. The Morgan fingerprint density at radius 2 is 1.86 bits per heavy atom. The SMILES string of the molecule is N[C@@H]1CN(C(=O)c2cnn(CC(=O)NC3CCCCC3)c2)C[C@H]1c1ccccc1. The van der Waals surface area contributed by atoms with Crippen LogP contribution >= 0.6 is 0 Å². The Morgan fingerprint density at radius 3 is 2.62 bits per heavy atom. The normalized spacial score (nSPS) is 22.6. The van der Waals surface area contributed by atoms with Crippen LogP contribution in [0.5, 0.6) is 0 Å². The molecule has 0 unspecified atom stereocenters. The van der Waals surface area contributed by atoms with E-state index in [0.717, 1.165) is 18.4 Å². The minimum absolute atomic E-state index is 0.0497. The Labute approximate surface area is 171 Å². The molecule has 3 N–H and O–H groups in total. The van der Waals surface area contributed by atoms with Gasteiger partial charge in [0.25, 0.3) is 5.91 Å². The summed E-state index contributed by atoms with van der Waals surface area (Å²) in [7, 11) is 0. The number of likely N-dealkylation sites (tertiary alicyclic amines) is 1. The molecule has 0 spiro atoms. The first-order valence-electron chi connectivity index (χ1n) is 10.5. The van der Waals surface area contributed by atoms with Crippen LogP contribution < -0.4 is 11.1 Å². The third-order valence-corrected chi connectivity index (χ3v) is 6.04. The van der Waals surface area contributed by atoms with Gasteiger partial charge in [0.05, 0.1) is 11.8 Å². The number of carbonyl (C=O) groups is 2. The van der Waals surface area contributed by atoms with Crippen LogP contribution in [0.25, 0.3) is 0 Å². The van der Waals surface area contributed by atoms with Crippen molar-refractivity contribution in [3.8, 4) is 0 Å². The average molecular weight is 396 g/mol. The highest BCUT2D eigenvalue weighted by molar-refractivity contribution is 5.94. The molecule has 1 saturated heterocycles. The van der Waals surface area contributed by atoms with Gasteiger partial charge in [0, 0.05) is 37.3 Å². The van der Waals surface area contributed by atoms with Gasteiger partial charge in [0.1, 0.15) is 6.54 Å². The molecule has 2 amide bonds. The van der Waals surface area contributed by atoms with Crippen LogP contribution in [0.3, 0.4) is 0 Å². The second-order valence-corrected chi connectivity index (χ2v) is 8.22. The number of benzene rings is 1. The van der Waals surface area contributed by atoms with Crippen LogP contribution in [0.1, 0.15) is 53.9 Å². The van der Waals surface area contributed by atoms with Crippen LogP contribution in [0.2, 0.25) is 0 Å². The second kappa shape index (κ2) is 8.78. The first-order chi connectivity index (χ1) is 14.1. The fourth-order valence-electron chi connectivity index (χ4n) is 4.46. The summed E-state index contributed by atoms with van der Waals surface area (Å²) in [6.45, 7) is 1.25. The first kappa shape index (κ1) is 19.6. The Bertz CT molecular complexity index is 844. The topological polar surface area (TPSA) is 93.2 Å². The van der Waals surface area contributed by atoms with E-state index < -0.39 is 0 Å². The lowest BCUT2D eigenvalue weighted by Gasteiger charge is -2.22. The molecule has 154 valence electrons. The molecular weight excluding hydrogens is 366 g/mol. The summed E-state index contributed by atoms with van der Waals surface area (Å²) in [6.07, 6.45) is 8.89. The summed E-state index contributed by atoms with van der Waals surface area (Å²) >= 11 is 0. The summed E-state index contributed by atoms with van der Waals surface area (Å²) in [6, 6.07) is 10.3. The van der Waals surface area contributed by atoms with Gasteiger partial charge in [-0.1, -0.05) is 49.6 Å². The number of nitrogens with one attached hydrogen (secondary N) is 1. The lowest BCUT2D eigenvalue weighted by Crippen LogP contribution is -2.38. The van der Waals surface area contributed by atoms with Gasteiger partial charge in [-0.3, -0.25) is 14.3 Å². The summed E-state index contributed by atoms with van der Waals surface area (Å²) in [5.41, 5.74) is 7.96. The second-order valence-electron chi connectivity index (χ2n) is 8.22. The average Bonchev–Trinajstić information content (AvgIpc) is 3.35. The molecule has 1 aromatic carbocycles. The molecule has 29 heavy (non-hydrogen) atoms. The molecule has 2 aliphatic rings. The Hall–Kier alpha value is -2.67. The van der Waals surface area contributed by atoms with Gasteiger partial charge >= 0.3 is 0 Å². The number of amides is 2. The molecule has 0 radical (unpaired) electrons. The maximum Gasteiger partial charge on any atom is 0.257 e. The Balaban J connectivity index is 1.34. The van der Waals surface area contributed by atoms with Crippen molar-refractivity contribution in [1.82, 2.24) is 20.0 Å². The van der Waals surface area contributed by atoms with E-state index >= 15 is 0 Å². The highest BCUT2D eigenvalue weighted by atomic mass is 16.2. The number of rotatable bonds is 5. The molecule has 1 saturated carbocycles. The molecule has 7 nitrogen and oxygen atoms in total. The summed E-state index contributed by atoms with van der Waals surface area (Å²) in [5, 5.41) is 7.29. The highest BCUT2D eigenvalue weighted by Gasteiger charge is 2.34. The van der Waals surface area contributed by atoms with Crippen LogP contribution in [0.4, 0.5) is 0 Å². The molecule has 2 atom stereocenters. The molecular formula is C22H29N5O2. The van der Waals surface area contributed by atoms with E-state index in [1.807, 2.05) is 18.2 Å². The van der Waals surface area contributed by atoms with E-state index in [4.69, 9.17) is 5.73 Å². The van der Waals surface area contributed by atoms with Crippen molar-refractivity contribution in [2.75, 3.05) is 13.1 Å². The number of carbonyl (C=O) groups excluding carboxylic acids is 2. The number of nitrogens with zero attached hydrogens (tertiary/aromatic N) is 3. The van der Waals surface area contributed by atoms with Gasteiger partial charge in [0.15, 0.2) is 0 Å². The summed E-state index contributed by atoms with van der Waals surface area (Å²) in [5.74, 6) is 0.000575. The zero-order chi connectivity index (χ0) is 20.2. The number of hydrogen-bond donors (Lipinski definition) is 2. The van der Waals surface area contributed by atoms with Crippen molar-refractivity contribution < 1.29 is 9.59 Å². The minimum Gasteiger partial charge on any atom is -0.352 e. The maximum absolute atomic E-state index is 12.9. The third-order valence-electron chi connectivity index (χ3n) is 6.04. The molecule has 4 rings (SSSR count). The van der Waals surface area contributed by atoms with E-state index in [1.165, 1.54) is 30.1 Å². The van der Waals surface area contributed by atoms with Crippen molar-refractivity contribution in [1.29, 1.82) is 0 Å². The number of nitrogens with two attached hydrogens (primary N) is 1. The fourth-order valence-corrected chi connectivity index (χ4v) is 4.46. The summed E-state index contributed by atoms with van der Waals surface area (Å²) in [4.78, 5) is 27.0. The highest BCUT2D eigenvalue weighted by Crippen LogP contribution is 2.27. The van der Waals surface area contributed by atoms with Crippen molar-refractivity contribution in [3.63, 3.8) is 0 Å². The predicted octanol–water partition coefficient (Wildman–Crippen LogP) is 1.90. The van der Waals surface area contributed by atoms with E-state index in [9.17, 15) is 9.59 Å². The maximum atomic E-state index is 12.9. The van der Waals surface area contributed by atoms with E-state index in [0.29, 0.717) is 18.7 Å². The van der Waals surface area contributed by atoms with Crippen molar-refractivity contribution in [3.05, 3.63) is 53.9 Å². The molecule has 0 bridgehead atoms. The monoisotopic (exact) mass is 395 g/mol. The zero-order valence-electron chi connectivity index (χ0n) is 16.7. The minimum atomic E-state index is -0.0855. The lowest BCUT2D eigenvalue weighted by molar-refractivity contribution is -0.122. The smallest absolute Gasteiger partial charge is 0.257 e. The number of hydrogen-bond acceptors (Lipinski definition) is 4. The molecule has 1 aromatic heterocycles. The van der Waals surface area contributed by atoms with Crippen LogP contribution in [-0.4, -0.2) is 51.7 Å². The summed E-state index contributed by atoms with van der Waals surface area (Å²) < 4.78 is 1.54. The van der Waals surface area contributed by atoms with Gasteiger partial charge < -0.3 is 16.0 Å². The lowest BCUT2D eigenvalue weighted by atomic mass is 9.95. The third kappa shape index (κ3) is 4.67. The molecule has 1 aliphatic heterocycles. The zero-order valence-corrected chi connectivity index (χ0v) is 16.7. The van der Waals surface area contributed by atoms with Crippen LogP contribution in [-0.2, 0) is 11.3 Å². The molecule has 2 aromatic rings. The van der Waals surface area contributed by atoms with Crippen molar-refractivity contribution >= 4 is 11.8 Å². The van der Waals surface area contributed by atoms with Crippen molar-refractivity contribution in [2.24, 2.45) is 5.73 Å². The van der Waals surface area contributed by atoms with E-state index in [2.05, 4.69) is 22.5 Å². The largest absolute Gasteiger partial charge is 0.352 e. The van der Waals surface area contributed by atoms with Crippen molar-refractivity contribution in [2.45, 2.75) is 56.7 Å². The Morgan fingerprint density at radius 1 is 1.10 bits per heavy atom. The Kier molecular flexibility index (Phi) is 5.94. The fraction of sp³-hybridized carbons (Fsp3) is 0.500. The van der Waals surface area contributed by atoms with Gasteiger partial charge in [-0.05, 0) is 18.4 Å². The molecule has 2 fully saturated rings. The van der Waals surface area contributed by atoms with Gasteiger partial charge in [0.2, 0.25) is 5.91 Å². The quantitative estimate of drug-likeness (QED) is 0.809. The molecule has 2 heterocycles. The van der Waals surface area contributed by atoms with Gasteiger partial charge in [-0.2, -0.15) is 5.10 Å². The molecule has 1 aliphatic carbocycles. The van der Waals surface area contributed by atoms with E-state index in [-0.39, 0.29) is 36.4 Å². The van der Waals surface area contributed by atoms with Gasteiger partial charge in [-0.15, -0.1) is 0 Å². The first-order valence-corrected chi connectivity index (χ1v) is 10.5. The van der Waals surface area contributed by atoms with E-state index in [1.54, 1.807) is 11.1 Å². The molecule has 7 heteroatoms. The van der Waals surface area contributed by atoms with Crippen LogP contribution in [0, 0.1) is 0 Å². The predicted molar refractivity (Wildman–Crippen MR) is 110 cm³/mol. The number of aromatic nitrogens is 2. The van der Waals surface area contributed by atoms with Crippen LogP contribution in [0.15, 0.2) is 42.7 Å².